The number of benzene rings is 1. The molecule has 90 valence electrons. The van der Waals surface area contributed by atoms with E-state index in [2.05, 4.69) is 39.0 Å². The average molecular weight is 295 g/mol. The van der Waals surface area contributed by atoms with Crippen LogP contribution in [0.2, 0.25) is 0 Å². The van der Waals surface area contributed by atoms with Gasteiger partial charge in [0.15, 0.2) is 5.82 Å². The van der Waals surface area contributed by atoms with Crippen molar-refractivity contribution in [2.75, 3.05) is 5.73 Å². The number of aromatic nitrogens is 3. The summed E-state index contributed by atoms with van der Waals surface area (Å²) in [7, 11) is 0. The maximum Gasteiger partial charge on any atom is 0.219 e. The monoisotopic (exact) mass is 294 g/mol. The van der Waals surface area contributed by atoms with Crippen molar-refractivity contribution in [1.29, 1.82) is 0 Å². The van der Waals surface area contributed by atoms with Gasteiger partial charge in [0.2, 0.25) is 5.95 Å². The number of hydrogen-bond acceptors (Lipinski definition) is 3. The summed E-state index contributed by atoms with van der Waals surface area (Å²) in [6, 6.07) is 8.10. The maximum absolute atomic E-state index is 5.84. The van der Waals surface area contributed by atoms with Gasteiger partial charge in [0.1, 0.15) is 0 Å². The SMILES string of the molecule is CCCc1nc(N)n(Cc2cccc(Br)c2)n1. The Morgan fingerprint density at radius 1 is 1.41 bits per heavy atom. The van der Waals surface area contributed by atoms with E-state index in [0.29, 0.717) is 12.5 Å². The Balaban J connectivity index is 2.18. The van der Waals surface area contributed by atoms with Crippen molar-refractivity contribution < 1.29 is 0 Å². The topological polar surface area (TPSA) is 56.7 Å². The van der Waals surface area contributed by atoms with Crippen LogP contribution in [0.4, 0.5) is 5.95 Å². The summed E-state index contributed by atoms with van der Waals surface area (Å²) < 4.78 is 2.80. The smallest absolute Gasteiger partial charge is 0.219 e. The Morgan fingerprint density at radius 3 is 2.94 bits per heavy atom. The molecule has 0 aliphatic heterocycles. The molecule has 0 saturated carbocycles. The van der Waals surface area contributed by atoms with Crippen LogP contribution in [-0.2, 0) is 13.0 Å². The molecule has 0 bridgehead atoms. The van der Waals surface area contributed by atoms with Gasteiger partial charge in [0.05, 0.1) is 6.54 Å². The van der Waals surface area contributed by atoms with Crippen LogP contribution in [0.25, 0.3) is 0 Å². The van der Waals surface area contributed by atoms with Gasteiger partial charge in [-0.25, -0.2) is 4.68 Å². The molecule has 1 aromatic heterocycles. The second kappa shape index (κ2) is 5.31. The van der Waals surface area contributed by atoms with E-state index in [0.717, 1.165) is 28.7 Å². The highest BCUT2D eigenvalue weighted by Crippen LogP contribution is 2.13. The molecule has 1 heterocycles. The van der Waals surface area contributed by atoms with Crippen LogP contribution in [0.3, 0.4) is 0 Å². The Morgan fingerprint density at radius 2 is 2.24 bits per heavy atom. The molecule has 2 N–H and O–H groups in total. The molecule has 4 nitrogen and oxygen atoms in total. The lowest BCUT2D eigenvalue weighted by molar-refractivity contribution is 0.676. The van der Waals surface area contributed by atoms with Crippen molar-refractivity contribution in [3.05, 3.63) is 40.1 Å². The number of nitrogens with zero attached hydrogens (tertiary/aromatic N) is 3. The van der Waals surface area contributed by atoms with Gasteiger partial charge >= 0.3 is 0 Å². The van der Waals surface area contributed by atoms with Gasteiger partial charge in [0, 0.05) is 10.9 Å². The molecular formula is C12H15BrN4. The lowest BCUT2D eigenvalue weighted by atomic mass is 10.2. The largest absolute Gasteiger partial charge is 0.368 e. The van der Waals surface area contributed by atoms with Gasteiger partial charge < -0.3 is 5.73 Å². The highest BCUT2D eigenvalue weighted by molar-refractivity contribution is 9.10. The van der Waals surface area contributed by atoms with E-state index >= 15 is 0 Å². The van der Waals surface area contributed by atoms with E-state index in [1.54, 1.807) is 4.68 Å². The summed E-state index contributed by atoms with van der Waals surface area (Å²) in [6.45, 7) is 2.76. The molecule has 0 aliphatic carbocycles. The van der Waals surface area contributed by atoms with Crippen LogP contribution < -0.4 is 5.73 Å². The van der Waals surface area contributed by atoms with Crippen molar-refractivity contribution >= 4 is 21.9 Å². The number of nitrogens with two attached hydrogens (primary N) is 1. The first-order valence-corrected chi connectivity index (χ1v) is 6.42. The first-order valence-electron chi connectivity index (χ1n) is 5.62. The molecule has 0 unspecified atom stereocenters. The Labute approximate surface area is 109 Å². The minimum absolute atomic E-state index is 0.480. The molecule has 0 aliphatic rings. The van der Waals surface area contributed by atoms with E-state index in [1.165, 1.54) is 0 Å². The van der Waals surface area contributed by atoms with Crippen LogP contribution in [0, 0.1) is 0 Å². The third-order valence-electron chi connectivity index (χ3n) is 2.44. The molecule has 0 fully saturated rings. The summed E-state index contributed by atoms with van der Waals surface area (Å²) in [6.07, 6.45) is 1.90. The van der Waals surface area contributed by atoms with Crippen molar-refractivity contribution in [3.8, 4) is 0 Å². The number of halogens is 1. The number of anilines is 1. The van der Waals surface area contributed by atoms with Crippen molar-refractivity contribution in [2.24, 2.45) is 0 Å². The molecule has 0 amide bonds. The molecule has 2 aromatic rings. The van der Waals surface area contributed by atoms with Crippen LogP contribution in [0.15, 0.2) is 28.7 Å². The summed E-state index contributed by atoms with van der Waals surface area (Å²) in [4.78, 5) is 4.24. The zero-order valence-corrected chi connectivity index (χ0v) is 11.3. The van der Waals surface area contributed by atoms with Crippen LogP contribution in [0.1, 0.15) is 24.7 Å². The van der Waals surface area contributed by atoms with Gasteiger partial charge in [-0.3, -0.25) is 0 Å². The van der Waals surface area contributed by atoms with E-state index < -0.39 is 0 Å². The molecule has 1 aromatic carbocycles. The lowest BCUT2D eigenvalue weighted by Crippen LogP contribution is -2.06. The Hall–Kier alpha value is -1.36. The molecule has 0 atom stereocenters. The van der Waals surface area contributed by atoms with Crippen molar-refractivity contribution in [3.63, 3.8) is 0 Å². The predicted octanol–water partition coefficient (Wildman–Crippen LogP) is 2.62. The van der Waals surface area contributed by atoms with Crippen LogP contribution in [0.5, 0.6) is 0 Å². The molecule has 0 radical (unpaired) electrons. The number of hydrogen-bond donors (Lipinski definition) is 1. The van der Waals surface area contributed by atoms with Gasteiger partial charge in [0.25, 0.3) is 0 Å². The van der Waals surface area contributed by atoms with E-state index in [-0.39, 0.29) is 0 Å². The Bertz CT molecular complexity index is 507. The molecule has 2 rings (SSSR count). The zero-order valence-electron chi connectivity index (χ0n) is 9.73. The third kappa shape index (κ3) is 3.06. The Kier molecular flexibility index (Phi) is 3.78. The van der Waals surface area contributed by atoms with E-state index in [9.17, 15) is 0 Å². The highest BCUT2D eigenvalue weighted by atomic mass is 79.9. The normalized spacial score (nSPS) is 10.7. The highest BCUT2D eigenvalue weighted by Gasteiger charge is 2.06. The van der Waals surface area contributed by atoms with E-state index in [4.69, 9.17) is 5.73 Å². The summed E-state index contributed by atoms with van der Waals surface area (Å²) in [5, 5.41) is 4.39. The van der Waals surface area contributed by atoms with Gasteiger partial charge in [-0.05, 0) is 24.1 Å². The standard InChI is InChI=1S/C12H15BrN4/c1-2-4-11-15-12(14)17(16-11)8-9-5-3-6-10(13)7-9/h3,5-7H,2,4,8H2,1H3,(H2,14,15,16). The zero-order chi connectivity index (χ0) is 12.3. The third-order valence-corrected chi connectivity index (χ3v) is 2.93. The molecular weight excluding hydrogens is 280 g/mol. The van der Waals surface area contributed by atoms with Gasteiger partial charge in [-0.15, -0.1) is 0 Å². The van der Waals surface area contributed by atoms with E-state index in [1.807, 2.05) is 18.2 Å². The minimum atomic E-state index is 0.480. The second-order valence-electron chi connectivity index (χ2n) is 3.92. The number of nitrogen functional groups attached to an aromatic ring is 1. The van der Waals surface area contributed by atoms with Gasteiger partial charge in [-0.2, -0.15) is 10.1 Å². The van der Waals surface area contributed by atoms with Gasteiger partial charge in [-0.1, -0.05) is 35.0 Å². The summed E-state index contributed by atoms with van der Waals surface area (Å²) >= 11 is 3.45. The molecule has 0 saturated heterocycles. The number of aryl methyl sites for hydroxylation is 1. The quantitative estimate of drug-likeness (QED) is 0.943. The van der Waals surface area contributed by atoms with Crippen LogP contribution in [-0.4, -0.2) is 14.8 Å². The lowest BCUT2D eigenvalue weighted by Gasteiger charge is -2.03. The fourth-order valence-corrected chi connectivity index (χ4v) is 2.10. The molecule has 5 heteroatoms. The number of rotatable bonds is 4. The first-order chi connectivity index (χ1) is 8.19. The first kappa shape index (κ1) is 12.1. The summed E-state index contributed by atoms with van der Waals surface area (Å²) in [5.41, 5.74) is 6.99. The van der Waals surface area contributed by atoms with Crippen molar-refractivity contribution in [1.82, 2.24) is 14.8 Å². The molecule has 0 spiro atoms. The fraction of sp³-hybridized carbons (Fsp3) is 0.333. The summed E-state index contributed by atoms with van der Waals surface area (Å²) in [5.74, 6) is 1.30. The molecule has 17 heavy (non-hydrogen) atoms. The van der Waals surface area contributed by atoms with Crippen molar-refractivity contribution in [2.45, 2.75) is 26.3 Å². The fourth-order valence-electron chi connectivity index (χ4n) is 1.66. The second-order valence-corrected chi connectivity index (χ2v) is 4.84. The van der Waals surface area contributed by atoms with Crippen LogP contribution >= 0.6 is 15.9 Å². The predicted molar refractivity (Wildman–Crippen MR) is 71.7 cm³/mol. The minimum Gasteiger partial charge on any atom is -0.368 e. The average Bonchev–Trinajstić information content (AvgIpc) is 2.60. The maximum atomic E-state index is 5.84.